The van der Waals surface area contributed by atoms with Gasteiger partial charge in [-0.2, -0.15) is 0 Å². The number of guanidine groups is 1. The van der Waals surface area contributed by atoms with Gasteiger partial charge in [0.2, 0.25) is 5.91 Å². The number of carbonyl (C=O) groups excluding carboxylic acids is 1. The number of ether oxygens (including phenoxy) is 1. The monoisotopic (exact) mass is 365 g/mol. The molecule has 2 saturated carbocycles. The molecule has 0 aromatic heterocycles. The van der Waals surface area contributed by atoms with E-state index in [2.05, 4.69) is 20.1 Å². The first-order valence-corrected chi connectivity index (χ1v) is 10.0. The van der Waals surface area contributed by atoms with E-state index in [-0.39, 0.29) is 12.5 Å². The summed E-state index contributed by atoms with van der Waals surface area (Å²) in [4.78, 5) is 23.1. The number of fused-ring (bicyclic) bond motifs is 2. The van der Waals surface area contributed by atoms with Gasteiger partial charge < -0.3 is 19.9 Å². The maximum Gasteiger partial charge on any atom is 0.243 e. The molecule has 3 aliphatic rings. The second-order valence-corrected chi connectivity index (χ2v) is 8.11. The fourth-order valence-electron chi connectivity index (χ4n) is 4.74. The largest absolute Gasteiger partial charge is 0.383 e. The highest BCUT2D eigenvalue weighted by atomic mass is 16.5. The number of aliphatic imine (C=N–C) groups is 1. The number of likely N-dealkylation sites (N-methyl/N-ethyl adjacent to an activating group) is 1. The van der Waals surface area contributed by atoms with Crippen LogP contribution in [0.4, 0.5) is 0 Å². The minimum atomic E-state index is 0.0247. The lowest BCUT2D eigenvalue weighted by molar-refractivity contribution is -0.127. The predicted molar refractivity (Wildman–Crippen MR) is 103 cm³/mol. The molecule has 0 aromatic carbocycles. The van der Waals surface area contributed by atoms with Crippen molar-refractivity contribution in [1.29, 1.82) is 0 Å². The Bertz CT molecular complexity index is 502. The molecule has 7 nitrogen and oxygen atoms in total. The summed E-state index contributed by atoms with van der Waals surface area (Å²) in [6.45, 7) is 5.67. The van der Waals surface area contributed by atoms with Crippen LogP contribution >= 0.6 is 0 Å². The molecule has 2 bridgehead atoms. The first-order valence-electron chi connectivity index (χ1n) is 10.0. The van der Waals surface area contributed by atoms with E-state index in [9.17, 15) is 4.79 Å². The van der Waals surface area contributed by atoms with E-state index in [0.29, 0.717) is 13.2 Å². The number of amides is 1. The fraction of sp³-hybridized carbons (Fsp3) is 0.895. The Morgan fingerprint density at radius 2 is 1.96 bits per heavy atom. The molecule has 7 heteroatoms. The Hall–Kier alpha value is -1.34. The van der Waals surface area contributed by atoms with Crippen LogP contribution < -0.4 is 5.32 Å². The van der Waals surface area contributed by atoms with Crippen LogP contribution in [0.5, 0.6) is 0 Å². The zero-order valence-electron chi connectivity index (χ0n) is 16.6. The molecular formula is C19H35N5O2. The quantitative estimate of drug-likeness (QED) is 0.421. The highest BCUT2D eigenvalue weighted by Crippen LogP contribution is 2.46. The van der Waals surface area contributed by atoms with Crippen molar-refractivity contribution in [2.45, 2.75) is 31.7 Å². The third kappa shape index (κ3) is 4.68. The molecule has 1 saturated heterocycles. The normalized spacial score (nSPS) is 29.3. The molecule has 2 aliphatic carbocycles. The van der Waals surface area contributed by atoms with Crippen LogP contribution in [0.3, 0.4) is 0 Å². The second kappa shape index (κ2) is 9.04. The van der Waals surface area contributed by atoms with Gasteiger partial charge in [-0.15, -0.1) is 0 Å². The molecule has 1 amide bonds. The number of piperazine rings is 1. The first kappa shape index (κ1) is 19.4. The Morgan fingerprint density at radius 1 is 1.19 bits per heavy atom. The molecule has 1 N–H and O–H groups in total. The molecule has 3 rings (SSSR count). The van der Waals surface area contributed by atoms with Crippen LogP contribution in [0.15, 0.2) is 4.99 Å². The summed E-state index contributed by atoms with van der Waals surface area (Å²) >= 11 is 0. The summed E-state index contributed by atoms with van der Waals surface area (Å²) in [6.07, 6.45) is 5.77. The van der Waals surface area contributed by atoms with Crippen molar-refractivity contribution in [3.63, 3.8) is 0 Å². The summed E-state index contributed by atoms with van der Waals surface area (Å²) in [7, 11) is 5.23. The Balaban J connectivity index is 1.53. The van der Waals surface area contributed by atoms with Gasteiger partial charge in [0.25, 0.3) is 0 Å². The Morgan fingerprint density at radius 3 is 2.54 bits per heavy atom. The average molecular weight is 366 g/mol. The fourth-order valence-corrected chi connectivity index (χ4v) is 4.74. The summed E-state index contributed by atoms with van der Waals surface area (Å²) < 4.78 is 5.14. The van der Waals surface area contributed by atoms with Gasteiger partial charge in [-0.05, 0) is 31.1 Å². The van der Waals surface area contributed by atoms with Gasteiger partial charge in [0, 0.05) is 60.0 Å². The highest BCUT2D eigenvalue weighted by molar-refractivity contribution is 5.84. The molecule has 1 aliphatic heterocycles. The van der Waals surface area contributed by atoms with Gasteiger partial charge in [-0.3, -0.25) is 9.69 Å². The number of methoxy groups -OCH3 is 1. The van der Waals surface area contributed by atoms with Crippen molar-refractivity contribution in [3.05, 3.63) is 0 Å². The van der Waals surface area contributed by atoms with Crippen LogP contribution in [0.1, 0.15) is 25.7 Å². The summed E-state index contributed by atoms with van der Waals surface area (Å²) in [6, 6.07) is 0.813. The highest BCUT2D eigenvalue weighted by Gasteiger charge is 2.42. The smallest absolute Gasteiger partial charge is 0.243 e. The number of carbonyl (C=O) groups is 1. The molecule has 3 atom stereocenters. The molecule has 3 unspecified atom stereocenters. The van der Waals surface area contributed by atoms with E-state index in [4.69, 9.17) is 4.74 Å². The van der Waals surface area contributed by atoms with E-state index in [1.54, 1.807) is 26.1 Å². The van der Waals surface area contributed by atoms with Crippen molar-refractivity contribution < 1.29 is 9.53 Å². The molecule has 0 spiro atoms. The number of nitrogens with zero attached hydrogens (tertiary/aromatic N) is 4. The number of rotatable bonds is 6. The van der Waals surface area contributed by atoms with Gasteiger partial charge in [0.15, 0.2) is 5.96 Å². The zero-order valence-corrected chi connectivity index (χ0v) is 16.6. The summed E-state index contributed by atoms with van der Waals surface area (Å²) in [5.74, 6) is 2.80. The van der Waals surface area contributed by atoms with Gasteiger partial charge >= 0.3 is 0 Å². The van der Waals surface area contributed by atoms with Gasteiger partial charge in [-0.1, -0.05) is 6.42 Å². The van der Waals surface area contributed by atoms with Crippen molar-refractivity contribution >= 4 is 11.9 Å². The predicted octanol–water partition coefficient (Wildman–Crippen LogP) is 0.473. The number of nitrogens with one attached hydrogen (secondary N) is 1. The zero-order chi connectivity index (χ0) is 18.5. The molecule has 0 radical (unpaired) electrons. The minimum Gasteiger partial charge on any atom is -0.383 e. The van der Waals surface area contributed by atoms with Crippen molar-refractivity contribution in [2.75, 3.05) is 67.1 Å². The third-order valence-corrected chi connectivity index (χ3v) is 6.24. The van der Waals surface area contributed by atoms with Gasteiger partial charge in [-0.25, -0.2) is 4.99 Å². The molecule has 26 heavy (non-hydrogen) atoms. The molecule has 0 aromatic rings. The lowest BCUT2D eigenvalue weighted by Gasteiger charge is -2.42. The Labute approximate surface area is 157 Å². The summed E-state index contributed by atoms with van der Waals surface area (Å²) in [5.41, 5.74) is 0. The topological polar surface area (TPSA) is 60.4 Å². The number of hydrogen-bond acceptors (Lipinski definition) is 4. The number of hydrogen-bond donors (Lipinski definition) is 1. The lowest BCUT2D eigenvalue weighted by atomic mass is 9.93. The van der Waals surface area contributed by atoms with Crippen molar-refractivity contribution in [2.24, 2.45) is 16.8 Å². The molecular weight excluding hydrogens is 330 g/mol. The maximum atomic E-state index is 11.9. The van der Waals surface area contributed by atoms with E-state index < -0.39 is 0 Å². The van der Waals surface area contributed by atoms with E-state index >= 15 is 0 Å². The van der Waals surface area contributed by atoms with Crippen molar-refractivity contribution in [1.82, 2.24) is 20.0 Å². The summed E-state index contributed by atoms with van der Waals surface area (Å²) in [5, 5.41) is 3.36. The lowest BCUT2D eigenvalue weighted by Crippen LogP contribution is -2.56. The van der Waals surface area contributed by atoms with Crippen LogP contribution in [-0.2, 0) is 9.53 Å². The van der Waals surface area contributed by atoms with Crippen molar-refractivity contribution in [3.8, 4) is 0 Å². The van der Waals surface area contributed by atoms with E-state index in [1.807, 2.05) is 0 Å². The first-order chi connectivity index (χ1) is 12.6. The molecule has 1 heterocycles. The van der Waals surface area contributed by atoms with Gasteiger partial charge in [0.05, 0.1) is 6.61 Å². The standard InChI is InChI=1S/C19H35N5O2/c1-22(2)18(25)14-21-19(20-6-11-26-3)24-9-7-23(8-10-24)17-13-15-4-5-16(17)12-15/h15-17H,4-14H2,1-3H3,(H,20,21). The second-order valence-electron chi connectivity index (χ2n) is 8.11. The van der Waals surface area contributed by atoms with Crippen LogP contribution in [0.25, 0.3) is 0 Å². The average Bonchev–Trinajstić information content (AvgIpc) is 3.28. The van der Waals surface area contributed by atoms with Gasteiger partial charge in [0.1, 0.15) is 6.54 Å². The third-order valence-electron chi connectivity index (χ3n) is 6.24. The van der Waals surface area contributed by atoms with Crippen LogP contribution in [-0.4, -0.2) is 99.7 Å². The van der Waals surface area contributed by atoms with E-state index in [1.165, 1.54) is 25.7 Å². The minimum absolute atomic E-state index is 0.0247. The van der Waals surface area contributed by atoms with Crippen LogP contribution in [0, 0.1) is 11.8 Å². The van der Waals surface area contributed by atoms with Crippen LogP contribution in [0.2, 0.25) is 0 Å². The molecule has 3 fully saturated rings. The Kier molecular flexibility index (Phi) is 6.75. The maximum absolute atomic E-state index is 11.9. The van der Waals surface area contributed by atoms with E-state index in [0.717, 1.165) is 50.0 Å². The SMILES string of the molecule is COCCNC(=NCC(=O)N(C)C)N1CCN(C2CC3CCC2C3)CC1. The molecule has 148 valence electrons.